The molecule has 2 unspecified atom stereocenters. The van der Waals surface area contributed by atoms with E-state index in [4.69, 9.17) is 9.47 Å². The van der Waals surface area contributed by atoms with Crippen molar-refractivity contribution in [3.05, 3.63) is 59.7 Å². The summed E-state index contributed by atoms with van der Waals surface area (Å²) >= 11 is 0. The van der Waals surface area contributed by atoms with Crippen molar-refractivity contribution in [1.82, 2.24) is 10.2 Å². The summed E-state index contributed by atoms with van der Waals surface area (Å²) in [6.07, 6.45) is 4.96. The van der Waals surface area contributed by atoms with Gasteiger partial charge in [-0.05, 0) is 54.4 Å². The second-order valence-electron chi connectivity index (χ2n) is 10.1. The van der Waals surface area contributed by atoms with Crippen molar-refractivity contribution in [2.24, 2.45) is 17.8 Å². The van der Waals surface area contributed by atoms with E-state index < -0.39 is 5.60 Å². The van der Waals surface area contributed by atoms with Gasteiger partial charge >= 0.3 is 0 Å². The molecule has 3 atom stereocenters. The van der Waals surface area contributed by atoms with Crippen LogP contribution in [0, 0.1) is 17.8 Å². The molecule has 1 saturated heterocycles. The van der Waals surface area contributed by atoms with Gasteiger partial charge in [0.2, 0.25) is 6.79 Å². The third-order valence-corrected chi connectivity index (χ3v) is 8.23. The Kier molecular flexibility index (Phi) is 5.30. The van der Waals surface area contributed by atoms with Crippen LogP contribution in [0.2, 0.25) is 0 Å². The molecule has 0 radical (unpaired) electrons. The Labute approximate surface area is 194 Å². The summed E-state index contributed by atoms with van der Waals surface area (Å²) in [7, 11) is 0. The van der Waals surface area contributed by atoms with Crippen molar-refractivity contribution >= 4 is 5.91 Å². The number of nitrogens with zero attached hydrogens (tertiary/aromatic N) is 1. The summed E-state index contributed by atoms with van der Waals surface area (Å²) in [4.78, 5) is 15.9. The average Bonchev–Trinajstić information content (AvgIpc) is 3.40. The molecule has 2 aliphatic heterocycles. The summed E-state index contributed by atoms with van der Waals surface area (Å²) in [6.45, 7) is 3.32. The number of aliphatic hydroxyl groups is 1. The monoisotopic (exact) mass is 448 g/mol. The van der Waals surface area contributed by atoms with Crippen LogP contribution in [-0.2, 0) is 16.8 Å². The Balaban J connectivity index is 1.05. The molecule has 6 rings (SSSR count). The number of benzene rings is 2. The Bertz CT molecular complexity index is 1010. The zero-order chi connectivity index (χ0) is 22.4. The van der Waals surface area contributed by atoms with E-state index in [0.29, 0.717) is 18.6 Å². The van der Waals surface area contributed by atoms with Crippen LogP contribution in [0.5, 0.6) is 11.5 Å². The van der Waals surface area contributed by atoms with Gasteiger partial charge in [0, 0.05) is 31.6 Å². The molecule has 2 N–H and O–H groups in total. The fraction of sp³-hybridized carbons (Fsp3) is 0.519. The van der Waals surface area contributed by atoms with Crippen LogP contribution in [-0.4, -0.2) is 48.4 Å². The lowest BCUT2D eigenvalue weighted by atomic mass is 9.79. The van der Waals surface area contributed by atoms with Crippen molar-refractivity contribution in [2.75, 3.05) is 26.4 Å². The van der Waals surface area contributed by atoms with E-state index in [1.807, 2.05) is 36.4 Å². The molecule has 2 heterocycles. The summed E-state index contributed by atoms with van der Waals surface area (Å²) < 4.78 is 10.9. The van der Waals surface area contributed by atoms with E-state index in [1.165, 1.54) is 5.56 Å². The predicted molar refractivity (Wildman–Crippen MR) is 124 cm³/mol. The third kappa shape index (κ3) is 3.79. The first-order valence-electron chi connectivity index (χ1n) is 12.3. The Morgan fingerprint density at radius 3 is 2.52 bits per heavy atom. The van der Waals surface area contributed by atoms with Crippen molar-refractivity contribution in [3.63, 3.8) is 0 Å². The fourth-order valence-corrected chi connectivity index (χ4v) is 6.24. The molecule has 4 aliphatic rings. The number of nitrogens with one attached hydrogen (secondary N) is 1. The van der Waals surface area contributed by atoms with Gasteiger partial charge in [0.15, 0.2) is 17.1 Å². The number of fused-ring (bicyclic) bond motifs is 2. The quantitative estimate of drug-likeness (QED) is 0.681. The fourth-order valence-electron chi connectivity index (χ4n) is 6.24. The summed E-state index contributed by atoms with van der Waals surface area (Å²) in [5.74, 6) is 2.45. The lowest BCUT2D eigenvalue weighted by Gasteiger charge is -2.33. The smallest absolute Gasteiger partial charge is 0.257 e. The lowest BCUT2D eigenvalue weighted by Crippen LogP contribution is -2.51. The van der Waals surface area contributed by atoms with Crippen LogP contribution in [0.15, 0.2) is 48.5 Å². The van der Waals surface area contributed by atoms with E-state index in [9.17, 15) is 9.90 Å². The van der Waals surface area contributed by atoms with Crippen LogP contribution in [0.1, 0.15) is 36.8 Å². The largest absolute Gasteiger partial charge is 0.454 e. The van der Waals surface area contributed by atoms with Crippen LogP contribution in [0.25, 0.3) is 0 Å². The van der Waals surface area contributed by atoms with Gasteiger partial charge in [-0.3, -0.25) is 4.79 Å². The summed E-state index contributed by atoms with van der Waals surface area (Å²) in [6, 6.07) is 15.9. The zero-order valence-corrected chi connectivity index (χ0v) is 18.9. The topological polar surface area (TPSA) is 71.0 Å². The molecule has 6 nitrogen and oxygen atoms in total. The second-order valence-corrected chi connectivity index (χ2v) is 10.1. The van der Waals surface area contributed by atoms with Gasteiger partial charge in [0.05, 0.1) is 0 Å². The van der Waals surface area contributed by atoms with Gasteiger partial charge < -0.3 is 24.8 Å². The number of ether oxygens (including phenoxy) is 2. The molecule has 2 aromatic carbocycles. The maximum absolute atomic E-state index is 13.4. The highest BCUT2D eigenvalue weighted by Crippen LogP contribution is 2.47. The highest BCUT2D eigenvalue weighted by atomic mass is 16.7. The Morgan fingerprint density at radius 1 is 1.03 bits per heavy atom. The molecule has 3 fully saturated rings. The van der Waals surface area contributed by atoms with Crippen molar-refractivity contribution in [2.45, 2.75) is 43.7 Å². The van der Waals surface area contributed by atoms with Crippen LogP contribution in [0.4, 0.5) is 0 Å². The Morgan fingerprint density at radius 2 is 1.76 bits per heavy atom. The van der Waals surface area contributed by atoms with E-state index in [-0.39, 0.29) is 17.9 Å². The number of piperidine rings is 1. The Hall–Kier alpha value is -2.57. The molecule has 0 spiro atoms. The van der Waals surface area contributed by atoms with Crippen LogP contribution >= 0.6 is 0 Å². The van der Waals surface area contributed by atoms with Crippen molar-refractivity contribution in [3.8, 4) is 11.5 Å². The second kappa shape index (κ2) is 8.33. The van der Waals surface area contributed by atoms with E-state index in [1.54, 1.807) is 0 Å². The maximum atomic E-state index is 13.4. The zero-order valence-electron chi connectivity index (χ0n) is 18.9. The highest BCUT2D eigenvalue weighted by Gasteiger charge is 2.58. The van der Waals surface area contributed by atoms with Crippen LogP contribution in [0.3, 0.4) is 0 Å². The molecule has 2 aromatic rings. The minimum atomic E-state index is -1.42. The number of amides is 1. The molecule has 33 heavy (non-hydrogen) atoms. The molecular weight excluding hydrogens is 416 g/mol. The number of hydrogen-bond donors (Lipinski definition) is 2. The first-order valence-corrected chi connectivity index (χ1v) is 12.3. The summed E-state index contributed by atoms with van der Waals surface area (Å²) in [5, 5.41) is 14.9. The minimum Gasteiger partial charge on any atom is -0.454 e. The molecule has 2 aliphatic carbocycles. The molecule has 174 valence electrons. The van der Waals surface area contributed by atoms with Gasteiger partial charge in [0.25, 0.3) is 5.91 Å². The highest BCUT2D eigenvalue weighted by molar-refractivity contribution is 5.87. The van der Waals surface area contributed by atoms with E-state index in [0.717, 1.165) is 68.8 Å². The minimum absolute atomic E-state index is 0.00307. The van der Waals surface area contributed by atoms with E-state index in [2.05, 4.69) is 22.3 Å². The summed E-state index contributed by atoms with van der Waals surface area (Å²) in [5.41, 5.74) is 0.563. The van der Waals surface area contributed by atoms with Crippen LogP contribution < -0.4 is 14.8 Å². The standard InChI is InChI=1S/C27H32N2O4/c30-26(27(31,20-8-4-5-9-20)19-6-2-1-3-7-19)28-25-21-15-29(16-22(21)25)13-12-18-10-11-23-24(14-18)33-17-32-23/h1-3,6-7,10-11,14,20-22,25,31H,4-5,8-9,12-13,15-17H2,(H,28,30)/t21?,22?,25?,27-/m0/s1. The molecular formula is C27H32N2O4. The number of hydrogen-bond acceptors (Lipinski definition) is 5. The third-order valence-electron chi connectivity index (χ3n) is 8.23. The van der Waals surface area contributed by atoms with Crippen molar-refractivity contribution in [1.29, 1.82) is 0 Å². The number of rotatable bonds is 7. The predicted octanol–water partition coefficient (Wildman–Crippen LogP) is 3.08. The number of likely N-dealkylation sites (tertiary alicyclic amines) is 1. The normalized spacial score (nSPS) is 27.8. The van der Waals surface area contributed by atoms with Gasteiger partial charge in [-0.2, -0.15) is 0 Å². The average molecular weight is 449 g/mol. The number of carbonyl (C=O) groups is 1. The molecule has 0 aromatic heterocycles. The number of carbonyl (C=O) groups excluding carboxylic acids is 1. The lowest BCUT2D eigenvalue weighted by molar-refractivity contribution is -0.147. The van der Waals surface area contributed by atoms with Gasteiger partial charge in [0.1, 0.15) is 0 Å². The first-order chi connectivity index (χ1) is 16.1. The molecule has 6 heteroatoms. The molecule has 2 saturated carbocycles. The van der Waals surface area contributed by atoms with Gasteiger partial charge in [-0.15, -0.1) is 0 Å². The first kappa shape index (κ1) is 21.0. The maximum Gasteiger partial charge on any atom is 0.257 e. The van der Waals surface area contributed by atoms with Gasteiger partial charge in [-0.1, -0.05) is 49.2 Å². The molecule has 1 amide bonds. The van der Waals surface area contributed by atoms with Crippen molar-refractivity contribution < 1.29 is 19.4 Å². The van der Waals surface area contributed by atoms with Gasteiger partial charge in [-0.25, -0.2) is 0 Å². The SMILES string of the molecule is O=C(NC1C2CN(CCc3ccc4c(c3)OCO4)CC21)[C@](O)(c1ccccc1)C1CCCC1. The molecule has 0 bridgehead atoms. The van der Waals surface area contributed by atoms with E-state index >= 15 is 0 Å².